The van der Waals surface area contributed by atoms with Crippen LogP contribution >= 0.6 is 0 Å². The fourth-order valence-corrected chi connectivity index (χ4v) is 2.18. The third-order valence-electron chi connectivity index (χ3n) is 3.11. The number of hydrogen-bond donors (Lipinski definition) is 1. The number of ether oxygens (including phenoxy) is 1. The molecule has 0 saturated carbocycles. The van der Waals surface area contributed by atoms with Gasteiger partial charge in [-0.25, -0.2) is 0 Å². The molecule has 0 spiro atoms. The van der Waals surface area contributed by atoms with Crippen molar-refractivity contribution in [2.45, 2.75) is 19.4 Å². The Balaban J connectivity index is 2.19. The zero-order chi connectivity index (χ0) is 13.7. The average molecular weight is 259 g/mol. The molecule has 0 radical (unpaired) electrons. The summed E-state index contributed by atoms with van der Waals surface area (Å²) in [6.07, 6.45) is 1.58. The number of methoxy groups -OCH3 is 1. The van der Waals surface area contributed by atoms with Crippen molar-refractivity contribution in [3.63, 3.8) is 0 Å². The predicted molar refractivity (Wildman–Crippen MR) is 71.6 cm³/mol. The van der Waals surface area contributed by atoms with Gasteiger partial charge in [-0.1, -0.05) is 17.9 Å². The molecule has 1 heterocycles. The van der Waals surface area contributed by atoms with Crippen LogP contribution < -0.4 is 4.74 Å². The molecular weight excluding hydrogens is 242 g/mol. The molecule has 2 rings (SSSR count). The second kappa shape index (κ2) is 6.26. The molecule has 0 unspecified atom stereocenters. The van der Waals surface area contributed by atoms with Gasteiger partial charge >= 0.3 is 0 Å². The fourth-order valence-electron chi connectivity index (χ4n) is 2.18. The Bertz CT molecular complexity index is 528. The molecule has 1 saturated heterocycles. The maximum atomic E-state index is 11.6. The number of carbonyl (C=O) groups is 1. The number of likely N-dealkylation sites (tertiary alicyclic amines) is 1. The van der Waals surface area contributed by atoms with E-state index in [-0.39, 0.29) is 12.5 Å². The van der Waals surface area contributed by atoms with E-state index in [2.05, 4.69) is 11.8 Å². The second-order valence-corrected chi connectivity index (χ2v) is 4.41. The lowest BCUT2D eigenvalue weighted by Crippen LogP contribution is -2.23. The third kappa shape index (κ3) is 3.27. The van der Waals surface area contributed by atoms with E-state index in [1.54, 1.807) is 7.11 Å². The van der Waals surface area contributed by atoms with Crippen LogP contribution in [0.2, 0.25) is 0 Å². The van der Waals surface area contributed by atoms with Crippen molar-refractivity contribution >= 4 is 5.91 Å². The standard InChI is InChI=1S/C15H17NO3/c1-19-14-7-6-12(10-13(14)4-3-9-17)11-16-8-2-5-15(16)18/h6-7,10,17H,2,5,8-9,11H2,1H3. The van der Waals surface area contributed by atoms with Crippen LogP contribution in [0.4, 0.5) is 0 Å². The molecule has 1 aromatic carbocycles. The molecule has 0 aromatic heterocycles. The number of aliphatic hydroxyl groups excluding tert-OH is 1. The van der Waals surface area contributed by atoms with Crippen LogP contribution in [-0.2, 0) is 11.3 Å². The number of benzene rings is 1. The number of rotatable bonds is 3. The van der Waals surface area contributed by atoms with Gasteiger partial charge in [0.25, 0.3) is 0 Å². The lowest BCUT2D eigenvalue weighted by Gasteiger charge is -2.16. The molecule has 0 aliphatic carbocycles. The Kier molecular flexibility index (Phi) is 4.43. The third-order valence-corrected chi connectivity index (χ3v) is 3.11. The predicted octanol–water partition coefficient (Wildman–Crippen LogP) is 1.16. The molecule has 1 aliphatic rings. The molecule has 1 aliphatic heterocycles. The highest BCUT2D eigenvalue weighted by molar-refractivity contribution is 5.78. The van der Waals surface area contributed by atoms with Crippen molar-refractivity contribution in [2.24, 2.45) is 0 Å². The lowest BCUT2D eigenvalue weighted by molar-refractivity contribution is -0.128. The minimum Gasteiger partial charge on any atom is -0.495 e. The van der Waals surface area contributed by atoms with Crippen LogP contribution in [0.5, 0.6) is 5.75 Å². The molecular formula is C15H17NO3. The summed E-state index contributed by atoms with van der Waals surface area (Å²) >= 11 is 0. The van der Waals surface area contributed by atoms with Crippen LogP contribution in [-0.4, -0.2) is 36.2 Å². The topological polar surface area (TPSA) is 49.8 Å². The second-order valence-electron chi connectivity index (χ2n) is 4.41. The zero-order valence-electron chi connectivity index (χ0n) is 11.0. The maximum absolute atomic E-state index is 11.6. The van der Waals surface area contributed by atoms with Gasteiger partial charge in [0.05, 0.1) is 12.7 Å². The first-order valence-corrected chi connectivity index (χ1v) is 6.29. The Hall–Kier alpha value is -1.99. The summed E-state index contributed by atoms with van der Waals surface area (Å²) < 4.78 is 5.22. The van der Waals surface area contributed by atoms with Gasteiger partial charge in [0, 0.05) is 19.5 Å². The average Bonchev–Trinajstić information content (AvgIpc) is 2.82. The molecule has 0 atom stereocenters. The molecule has 19 heavy (non-hydrogen) atoms. The summed E-state index contributed by atoms with van der Waals surface area (Å²) in [5.74, 6) is 6.36. The number of nitrogens with zero attached hydrogens (tertiary/aromatic N) is 1. The summed E-state index contributed by atoms with van der Waals surface area (Å²) in [6, 6.07) is 5.69. The summed E-state index contributed by atoms with van der Waals surface area (Å²) in [4.78, 5) is 13.5. The van der Waals surface area contributed by atoms with Crippen LogP contribution in [0.15, 0.2) is 18.2 Å². The first-order chi connectivity index (χ1) is 9.24. The highest BCUT2D eigenvalue weighted by atomic mass is 16.5. The number of aliphatic hydroxyl groups is 1. The van der Waals surface area contributed by atoms with E-state index < -0.39 is 0 Å². The number of carbonyl (C=O) groups excluding carboxylic acids is 1. The van der Waals surface area contributed by atoms with Crippen molar-refractivity contribution in [3.8, 4) is 17.6 Å². The fraction of sp³-hybridized carbons (Fsp3) is 0.400. The summed E-state index contributed by atoms with van der Waals surface area (Å²) in [5, 5.41) is 8.76. The number of amides is 1. The van der Waals surface area contributed by atoms with Crippen molar-refractivity contribution in [2.75, 3.05) is 20.3 Å². The smallest absolute Gasteiger partial charge is 0.222 e. The quantitative estimate of drug-likeness (QED) is 0.829. The molecule has 1 fully saturated rings. The van der Waals surface area contributed by atoms with E-state index in [0.29, 0.717) is 18.7 Å². The van der Waals surface area contributed by atoms with Crippen molar-refractivity contribution in [3.05, 3.63) is 29.3 Å². The molecule has 1 aromatic rings. The van der Waals surface area contributed by atoms with E-state index >= 15 is 0 Å². The van der Waals surface area contributed by atoms with E-state index in [1.165, 1.54) is 0 Å². The maximum Gasteiger partial charge on any atom is 0.222 e. The summed E-state index contributed by atoms with van der Waals surface area (Å²) in [7, 11) is 1.59. The van der Waals surface area contributed by atoms with Gasteiger partial charge in [-0.15, -0.1) is 0 Å². The van der Waals surface area contributed by atoms with Gasteiger partial charge in [-0.05, 0) is 24.1 Å². The highest BCUT2D eigenvalue weighted by Crippen LogP contribution is 2.21. The lowest BCUT2D eigenvalue weighted by atomic mass is 10.1. The first kappa shape index (κ1) is 13.4. The van der Waals surface area contributed by atoms with Gasteiger partial charge < -0.3 is 14.7 Å². The molecule has 1 amide bonds. The molecule has 1 N–H and O–H groups in total. The first-order valence-electron chi connectivity index (χ1n) is 6.29. The summed E-state index contributed by atoms with van der Waals surface area (Å²) in [5.41, 5.74) is 1.76. The van der Waals surface area contributed by atoms with Crippen LogP contribution in [0.3, 0.4) is 0 Å². The molecule has 100 valence electrons. The molecule has 4 nitrogen and oxygen atoms in total. The van der Waals surface area contributed by atoms with Gasteiger partial charge in [-0.3, -0.25) is 4.79 Å². The molecule has 0 bridgehead atoms. The highest BCUT2D eigenvalue weighted by Gasteiger charge is 2.20. The van der Waals surface area contributed by atoms with Crippen LogP contribution in [0, 0.1) is 11.8 Å². The SMILES string of the molecule is COc1ccc(CN2CCCC2=O)cc1C#CCO. The molecule has 4 heteroatoms. The van der Waals surface area contributed by atoms with Crippen LogP contribution in [0.1, 0.15) is 24.0 Å². The van der Waals surface area contributed by atoms with E-state index in [9.17, 15) is 4.79 Å². The van der Waals surface area contributed by atoms with Crippen molar-refractivity contribution < 1.29 is 14.6 Å². The Morgan fingerprint density at radius 1 is 1.47 bits per heavy atom. The van der Waals surface area contributed by atoms with Crippen molar-refractivity contribution in [1.29, 1.82) is 0 Å². The van der Waals surface area contributed by atoms with Gasteiger partial charge in [0.15, 0.2) is 0 Å². The van der Waals surface area contributed by atoms with Crippen molar-refractivity contribution in [1.82, 2.24) is 4.90 Å². The Labute approximate surface area is 113 Å². The van der Waals surface area contributed by atoms with E-state index in [0.717, 1.165) is 24.1 Å². The van der Waals surface area contributed by atoms with Gasteiger partial charge in [-0.2, -0.15) is 0 Å². The largest absolute Gasteiger partial charge is 0.495 e. The number of hydrogen-bond acceptors (Lipinski definition) is 3. The minimum atomic E-state index is -0.183. The zero-order valence-corrected chi connectivity index (χ0v) is 11.0. The van der Waals surface area contributed by atoms with Gasteiger partial charge in [0.2, 0.25) is 5.91 Å². The van der Waals surface area contributed by atoms with E-state index in [1.807, 2.05) is 23.1 Å². The monoisotopic (exact) mass is 259 g/mol. The van der Waals surface area contributed by atoms with E-state index in [4.69, 9.17) is 9.84 Å². The Morgan fingerprint density at radius 3 is 2.95 bits per heavy atom. The minimum absolute atomic E-state index is 0.183. The van der Waals surface area contributed by atoms with Gasteiger partial charge in [0.1, 0.15) is 12.4 Å². The van der Waals surface area contributed by atoms with Crippen LogP contribution in [0.25, 0.3) is 0 Å². The normalized spacial score (nSPS) is 14.2. The summed E-state index contributed by atoms with van der Waals surface area (Å²) in [6.45, 7) is 1.25. The Morgan fingerprint density at radius 2 is 2.32 bits per heavy atom.